The van der Waals surface area contributed by atoms with Gasteiger partial charge in [-0.15, -0.1) is 11.3 Å². The van der Waals surface area contributed by atoms with E-state index in [2.05, 4.69) is 45.3 Å². The number of hydrogen-bond acceptors (Lipinski definition) is 4. The number of aromatic nitrogens is 2. The molecule has 4 aromatic rings. The van der Waals surface area contributed by atoms with Gasteiger partial charge in [0.1, 0.15) is 5.82 Å². The van der Waals surface area contributed by atoms with E-state index in [1.165, 1.54) is 29.1 Å². The fourth-order valence-corrected chi connectivity index (χ4v) is 4.11. The predicted molar refractivity (Wildman–Crippen MR) is 115 cm³/mol. The Morgan fingerprint density at radius 1 is 1.21 bits per heavy atom. The zero-order valence-corrected chi connectivity index (χ0v) is 16.7. The third-order valence-electron chi connectivity index (χ3n) is 4.81. The number of fused-ring (bicyclic) bond motifs is 1. The normalized spacial score (nSPS) is 12.2. The van der Waals surface area contributed by atoms with Gasteiger partial charge in [-0.3, -0.25) is 9.89 Å². The van der Waals surface area contributed by atoms with E-state index >= 15 is 0 Å². The summed E-state index contributed by atoms with van der Waals surface area (Å²) in [7, 11) is 0. The SMILES string of the molecule is CCC(NCc1ccc2[nH]nc(NC(=O)c3ccc(F)cc3)c2c1)c1cccs1. The van der Waals surface area contributed by atoms with Crippen LogP contribution in [-0.4, -0.2) is 16.1 Å². The molecule has 0 aliphatic rings. The lowest BCUT2D eigenvalue weighted by molar-refractivity contribution is 0.102. The number of nitrogens with one attached hydrogen (secondary N) is 3. The van der Waals surface area contributed by atoms with E-state index in [1.54, 1.807) is 11.3 Å². The van der Waals surface area contributed by atoms with Gasteiger partial charge >= 0.3 is 0 Å². The van der Waals surface area contributed by atoms with Gasteiger partial charge in [-0.05, 0) is 59.8 Å². The molecule has 2 aromatic heterocycles. The van der Waals surface area contributed by atoms with Gasteiger partial charge in [0.05, 0.1) is 5.52 Å². The molecule has 148 valence electrons. The Morgan fingerprint density at radius 2 is 2.03 bits per heavy atom. The third-order valence-corrected chi connectivity index (χ3v) is 5.80. The highest BCUT2D eigenvalue weighted by molar-refractivity contribution is 7.10. The number of hydrogen-bond donors (Lipinski definition) is 3. The number of thiophene rings is 1. The van der Waals surface area contributed by atoms with Gasteiger partial charge < -0.3 is 10.6 Å². The Hall–Kier alpha value is -3.03. The molecule has 2 aromatic carbocycles. The number of carbonyl (C=O) groups excluding carboxylic acids is 1. The molecule has 1 amide bonds. The van der Waals surface area contributed by atoms with E-state index in [-0.39, 0.29) is 11.7 Å². The average Bonchev–Trinajstić information content (AvgIpc) is 3.40. The highest BCUT2D eigenvalue weighted by atomic mass is 32.1. The molecule has 0 bridgehead atoms. The second-order valence-corrected chi connectivity index (χ2v) is 7.75. The van der Waals surface area contributed by atoms with Gasteiger partial charge in [-0.25, -0.2) is 4.39 Å². The number of amides is 1. The summed E-state index contributed by atoms with van der Waals surface area (Å²) in [6.45, 7) is 2.88. The number of H-pyrrole nitrogens is 1. The lowest BCUT2D eigenvalue weighted by Gasteiger charge is -2.15. The van der Waals surface area contributed by atoms with Crippen LogP contribution < -0.4 is 10.6 Å². The van der Waals surface area contributed by atoms with E-state index in [4.69, 9.17) is 0 Å². The topological polar surface area (TPSA) is 69.8 Å². The van der Waals surface area contributed by atoms with Crippen molar-refractivity contribution in [3.8, 4) is 0 Å². The second kappa shape index (κ2) is 8.55. The largest absolute Gasteiger partial charge is 0.305 e. The fraction of sp³-hybridized carbons (Fsp3) is 0.182. The number of carbonyl (C=O) groups is 1. The molecule has 0 saturated heterocycles. The van der Waals surface area contributed by atoms with Crippen LogP contribution in [0.3, 0.4) is 0 Å². The van der Waals surface area contributed by atoms with Crippen molar-refractivity contribution in [1.29, 1.82) is 0 Å². The number of aromatic amines is 1. The summed E-state index contributed by atoms with van der Waals surface area (Å²) in [6, 6.07) is 16.0. The molecule has 4 rings (SSSR count). The van der Waals surface area contributed by atoms with Crippen molar-refractivity contribution in [2.45, 2.75) is 25.9 Å². The molecule has 0 saturated carbocycles. The van der Waals surface area contributed by atoms with Crippen molar-refractivity contribution in [2.75, 3.05) is 5.32 Å². The first-order valence-electron chi connectivity index (χ1n) is 9.44. The minimum absolute atomic E-state index is 0.313. The highest BCUT2D eigenvalue weighted by Gasteiger charge is 2.13. The van der Waals surface area contributed by atoms with Crippen molar-refractivity contribution in [1.82, 2.24) is 15.5 Å². The monoisotopic (exact) mass is 408 g/mol. The molecule has 0 fully saturated rings. The van der Waals surface area contributed by atoms with Crippen LogP contribution in [0.25, 0.3) is 10.9 Å². The second-order valence-electron chi connectivity index (χ2n) is 6.77. The summed E-state index contributed by atoms with van der Waals surface area (Å²) in [5, 5.41) is 16.5. The minimum atomic E-state index is -0.378. The van der Waals surface area contributed by atoms with Crippen LogP contribution in [0.1, 0.15) is 40.2 Å². The van der Waals surface area contributed by atoms with Gasteiger partial charge in [0.15, 0.2) is 5.82 Å². The van der Waals surface area contributed by atoms with Crippen molar-refractivity contribution < 1.29 is 9.18 Å². The molecule has 0 aliphatic carbocycles. The summed E-state index contributed by atoms with van der Waals surface area (Å²) in [5.41, 5.74) is 2.32. The molecule has 5 nitrogen and oxygen atoms in total. The Bertz CT molecular complexity index is 1110. The minimum Gasteiger partial charge on any atom is -0.305 e. The highest BCUT2D eigenvalue weighted by Crippen LogP contribution is 2.25. The van der Waals surface area contributed by atoms with E-state index < -0.39 is 0 Å². The van der Waals surface area contributed by atoms with Gasteiger partial charge in [0.2, 0.25) is 0 Å². The number of benzene rings is 2. The van der Waals surface area contributed by atoms with Gasteiger partial charge in [-0.2, -0.15) is 5.10 Å². The fourth-order valence-electron chi connectivity index (χ4n) is 3.22. The van der Waals surface area contributed by atoms with Crippen LogP contribution in [0.2, 0.25) is 0 Å². The van der Waals surface area contributed by atoms with Crippen LogP contribution in [0.15, 0.2) is 60.0 Å². The molecule has 1 unspecified atom stereocenters. The Labute approximate surface area is 172 Å². The van der Waals surface area contributed by atoms with Crippen molar-refractivity contribution in [2.24, 2.45) is 0 Å². The first kappa shape index (κ1) is 19.3. The Kier molecular flexibility index (Phi) is 5.69. The summed E-state index contributed by atoms with van der Waals surface area (Å²) >= 11 is 1.75. The molecule has 7 heteroatoms. The number of halogens is 1. The summed E-state index contributed by atoms with van der Waals surface area (Å²) < 4.78 is 13.1. The van der Waals surface area contributed by atoms with Crippen LogP contribution in [0, 0.1) is 5.82 Å². The van der Waals surface area contributed by atoms with Gasteiger partial charge in [-0.1, -0.05) is 19.1 Å². The molecule has 0 radical (unpaired) electrons. The van der Waals surface area contributed by atoms with Gasteiger partial charge in [0, 0.05) is 28.4 Å². The standard InChI is InChI=1S/C22H21FN4OS/c1-2-18(20-4-3-11-29-20)24-13-14-5-10-19-17(12-14)21(27-26-19)25-22(28)15-6-8-16(23)9-7-15/h3-12,18,24H,2,13H2,1H3,(H2,25,26,27,28). The molecular formula is C22H21FN4OS. The van der Waals surface area contributed by atoms with Crippen molar-refractivity contribution in [3.63, 3.8) is 0 Å². The molecule has 0 spiro atoms. The smallest absolute Gasteiger partial charge is 0.256 e. The Morgan fingerprint density at radius 3 is 2.76 bits per heavy atom. The third kappa shape index (κ3) is 4.36. The Balaban J connectivity index is 1.50. The van der Waals surface area contributed by atoms with Crippen LogP contribution >= 0.6 is 11.3 Å². The lowest BCUT2D eigenvalue weighted by atomic mass is 10.1. The molecule has 0 aliphatic heterocycles. The summed E-state index contributed by atoms with van der Waals surface area (Å²) in [5.74, 6) is -0.246. The molecular weight excluding hydrogens is 387 g/mol. The zero-order valence-electron chi connectivity index (χ0n) is 15.9. The summed E-state index contributed by atoms with van der Waals surface area (Å²) in [4.78, 5) is 13.8. The quantitative estimate of drug-likeness (QED) is 0.391. The summed E-state index contributed by atoms with van der Waals surface area (Å²) in [6.07, 6.45) is 1.01. The van der Waals surface area contributed by atoms with Crippen LogP contribution in [-0.2, 0) is 6.54 Å². The number of anilines is 1. The number of rotatable bonds is 7. The lowest BCUT2D eigenvalue weighted by Crippen LogP contribution is -2.19. The van der Waals surface area contributed by atoms with E-state index in [1.807, 2.05) is 18.2 Å². The molecule has 3 N–H and O–H groups in total. The van der Waals surface area contributed by atoms with E-state index in [0.717, 1.165) is 22.9 Å². The zero-order chi connectivity index (χ0) is 20.2. The maximum absolute atomic E-state index is 13.1. The molecule has 29 heavy (non-hydrogen) atoms. The number of nitrogens with zero attached hydrogens (tertiary/aromatic N) is 1. The first-order valence-corrected chi connectivity index (χ1v) is 10.3. The van der Waals surface area contributed by atoms with Crippen molar-refractivity contribution in [3.05, 3.63) is 81.8 Å². The molecule has 2 heterocycles. The average molecular weight is 409 g/mol. The van der Waals surface area contributed by atoms with Crippen LogP contribution in [0.5, 0.6) is 0 Å². The first-order chi connectivity index (χ1) is 14.1. The maximum Gasteiger partial charge on any atom is 0.256 e. The predicted octanol–water partition coefficient (Wildman–Crippen LogP) is 5.26. The molecule has 1 atom stereocenters. The van der Waals surface area contributed by atoms with E-state index in [0.29, 0.717) is 24.0 Å². The maximum atomic E-state index is 13.1. The van der Waals surface area contributed by atoms with E-state index in [9.17, 15) is 9.18 Å². The van der Waals surface area contributed by atoms with Gasteiger partial charge in [0.25, 0.3) is 5.91 Å². The van der Waals surface area contributed by atoms with Crippen molar-refractivity contribution >= 4 is 34.0 Å². The van der Waals surface area contributed by atoms with Crippen LogP contribution in [0.4, 0.5) is 10.2 Å².